The maximum absolute atomic E-state index is 5.99. The fourth-order valence-electron chi connectivity index (χ4n) is 0.975. The number of nitrogens with zero attached hydrogens (tertiary/aromatic N) is 4. The van der Waals surface area contributed by atoms with Gasteiger partial charge in [0.2, 0.25) is 0 Å². The SMILES string of the molecule is CCC(C)(N)c1noc(-c2csnn2)n1. The summed E-state index contributed by atoms with van der Waals surface area (Å²) in [7, 11) is 0. The van der Waals surface area contributed by atoms with Crippen LogP contribution in [0.15, 0.2) is 9.90 Å². The van der Waals surface area contributed by atoms with Crippen LogP contribution in [0.4, 0.5) is 0 Å². The van der Waals surface area contributed by atoms with Gasteiger partial charge in [-0.3, -0.25) is 0 Å². The summed E-state index contributed by atoms with van der Waals surface area (Å²) < 4.78 is 8.78. The lowest BCUT2D eigenvalue weighted by Crippen LogP contribution is -2.33. The smallest absolute Gasteiger partial charge is 0.279 e. The van der Waals surface area contributed by atoms with Gasteiger partial charge in [-0.15, -0.1) is 5.10 Å². The van der Waals surface area contributed by atoms with Crippen molar-refractivity contribution < 1.29 is 4.52 Å². The van der Waals surface area contributed by atoms with Gasteiger partial charge in [0.1, 0.15) is 0 Å². The molecule has 0 spiro atoms. The van der Waals surface area contributed by atoms with E-state index in [-0.39, 0.29) is 0 Å². The van der Waals surface area contributed by atoms with Crippen molar-refractivity contribution >= 4 is 11.5 Å². The molecule has 15 heavy (non-hydrogen) atoms. The van der Waals surface area contributed by atoms with E-state index in [0.29, 0.717) is 17.4 Å². The summed E-state index contributed by atoms with van der Waals surface area (Å²) in [6.07, 6.45) is 0.737. The summed E-state index contributed by atoms with van der Waals surface area (Å²) in [4.78, 5) is 4.20. The molecule has 6 nitrogen and oxygen atoms in total. The van der Waals surface area contributed by atoms with Crippen LogP contribution in [-0.4, -0.2) is 19.7 Å². The van der Waals surface area contributed by atoms with E-state index in [4.69, 9.17) is 10.3 Å². The van der Waals surface area contributed by atoms with Gasteiger partial charge in [0.15, 0.2) is 11.5 Å². The molecular weight excluding hydrogens is 214 g/mol. The van der Waals surface area contributed by atoms with Crippen molar-refractivity contribution in [3.8, 4) is 11.6 Å². The van der Waals surface area contributed by atoms with E-state index in [1.54, 1.807) is 5.38 Å². The average Bonchev–Trinajstić information content (AvgIpc) is 2.88. The normalized spacial score (nSPS) is 15.1. The summed E-state index contributed by atoms with van der Waals surface area (Å²) in [5.74, 6) is 0.858. The largest absolute Gasteiger partial charge is 0.332 e. The standard InChI is InChI=1S/C8H11N5OS/c1-3-8(2,9)7-10-6(14-12-7)5-4-15-13-11-5/h4H,3,9H2,1-2H3. The van der Waals surface area contributed by atoms with E-state index in [1.165, 1.54) is 11.5 Å². The molecule has 2 heterocycles. The third-order valence-electron chi connectivity index (χ3n) is 2.25. The molecule has 0 saturated carbocycles. The van der Waals surface area contributed by atoms with Gasteiger partial charge in [0, 0.05) is 5.38 Å². The van der Waals surface area contributed by atoms with Gasteiger partial charge in [-0.25, -0.2) is 0 Å². The minimum atomic E-state index is -0.564. The number of aromatic nitrogens is 4. The van der Waals surface area contributed by atoms with E-state index in [9.17, 15) is 0 Å². The van der Waals surface area contributed by atoms with Crippen molar-refractivity contribution in [1.82, 2.24) is 19.7 Å². The predicted molar refractivity (Wildman–Crippen MR) is 55.0 cm³/mol. The molecule has 0 saturated heterocycles. The van der Waals surface area contributed by atoms with Gasteiger partial charge in [0.25, 0.3) is 5.89 Å². The molecule has 0 radical (unpaired) electrons. The molecule has 0 fully saturated rings. The zero-order chi connectivity index (χ0) is 10.9. The quantitative estimate of drug-likeness (QED) is 0.843. The lowest BCUT2D eigenvalue weighted by atomic mass is 10.0. The van der Waals surface area contributed by atoms with Crippen molar-refractivity contribution in [2.45, 2.75) is 25.8 Å². The summed E-state index contributed by atoms with van der Waals surface area (Å²) in [5, 5.41) is 9.43. The van der Waals surface area contributed by atoms with E-state index in [1.807, 2.05) is 13.8 Å². The fourth-order valence-corrected chi connectivity index (χ4v) is 1.41. The second-order valence-electron chi connectivity index (χ2n) is 3.48. The van der Waals surface area contributed by atoms with Crippen molar-refractivity contribution in [1.29, 1.82) is 0 Å². The average molecular weight is 225 g/mol. The first-order valence-corrected chi connectivity index (χ1v) is 5.37. The number of hydrogen-bond donors (Lipinski definition) is 1. The van der Waals surface area contributed by atoms with Crippen LogP contribution in [0.2, 0.25) is 0 Å². The van der Waals surface area contributed by atoms with Crippen LogP contribution in [0.25, 0.3) is 11.6 Å². The molecule has 1 unspecified atom stereocenters. The minimum Gasteiger partial charge on any atom is -0.332 e. The van der Waals surface area contributed by atoms with Crippen LogP contribution in [-0.2, 0) is 5.54 Å². The highest BCUT2D eigenvalue weighted by atomic mass is 32.1. The van der Waals surface area contributed by atoms with Crippen LogP contribution in [0.5, 0.6) is 0 Å². The molecule has 7 heteroatoms. The molecule has 80 valence electrons. The molecule has 0 aliphatic carbocycles. The Labute approximate surface area is 90.7 Å². The van der Waals surface area contributed by atoms with Crippen molar-refractivity contribution in [3.05, 3.63) is 11.2 Å². The van der Waals surface area contributed by atoms with Gasteiger partial charge in [-0.05, 0) is 24.9 Å². The molecule has 2 rings (SSSR count). The molecular formula is C8H11N5OS. The monoisotopic (exact) mass is 225 g/mol. The maximum Gasteiger partial charge on any atom is 0.279 e. The minimum absolute atomic E-state index is 0.365. The topological polar surface area (TPSA) is 90.7 Å². The van der Waals surface area contributed by atoms with Crippen LogP contribution < -0.4 is 5.73 Å². The first kappa shape index (κ1) is 10.2. The van der Waals surface area contributed by atoms with Crippen LogP contribution in [0.1, 0.15) is 26.1 Å². The molecule has 0 aromatic carbocycles. The van der Waals surface area contributed by atoms with Crippen molar-refractivity contribution in [2.75, 3.05) is 0 Å². The molecule has 0 amide bonds. The molecule has 0 aliphatic rings. The van der Waals surface area contributed by atoms with Gasteiger partial charge in [-0.2, -0.15) is 4.98 Å². The first-order valence-electron chi connectivity index (χ1n) is 4.54. The zero-order valence-corrected chi connectivity index (χ0v) is 9.28. The Hall–Kier alpha value is -1.34. The lowest BCUT2D eigenvalue weighted by Gasteiger charge is -2.16. The van der Waals surface area contributed by atoms with Gasteiger partial charge < -0.3 is 10.3 Å². The van der Waals surface area contributed by atoms with E-state index < -0.39 is 5.54 Å². The fraction of sp³-hybridized carbons (Fsp3) is 0.500. The number of hydrogen-bond acceptors (Lipinski definition) is 7. The Morgan fingerprint density at radius 2 is 2.40 bits per heavy atom. The highest BCUT2D eigenvalue weighted by Crippen LogP contribution is 2.21. The van der Waals surface area contributed by atoms with Gasteiger partial charge in [-0.1, -0.05) is 16.6 Å². The number of nitrogens with two attached hydrogens (primary N) is 1. The van der Waals surface area contributed by atoms with Gasteiger partial charge in [0.05, 0.1) is 5.54 Å². The Morgan fingerprint density at radius 1 is 1.60 bits per heavy atom. The highest BCUT2D eigenvalue weighted by molar-refractivity contribution is 7.03. The molecule has 0 aliphatic heterocycles. The maximum atomic E-state index is 5.99. The Balaban J connectivity index is 2.33. The number of rotatable bonds is 3. The summed E-state index contributed by atoms with van der Waals surface area (Å²) >= 11 is 1.24. The van der Waals surface area contributed by atoms with E-state index in [2.05, 4.69) is 19.7 Å². The first-order chi connectivity index (χ1) is 7.13. The van der Waals surface area contributed by atoms with Crippen molar-refractivity contribution in [2.24, 2.45) is 5.73 Å². The van der Waals surface area contributed by atoms with E-state index >= 15 is 0 Å². The summed E-state index contributed by atoms with van der Waals surface area (Å²) in [6, 6.07) is 0. The van der Waals surface area contributed by atoms with Gasteiger partial charge >= 0.3 is 0 Å². The Bertz CT molecular complexity index is 436. The summed E-state index contributed by atoms with van der Waals surface area (Å²) in [5.41, 5.74) is 6.01. The van der Waals surface area contributed by atoms with E-state index in [0.717, 1.165) is 6.42 Å². The molecule has 1 atom stereocenters. The third kappa shape index (κ3) is 1.88. The molecule has 2 N–H and O–H groups in total. The molecule has 2 aromatic heterocycles. The second kappa shape index (κ2) is 3.67. The highest BCUT2D eigenvalue weighted by Gasteiger charge is 2.26. The van der Waals surface area contributed by atoms with Crippen LogP contribution >= 0.6 is 11.5 Å². The Kier molecular flexibility index (Phi) is 2.49. The van der Waals surface area contributed by atoms with Crippen LogP contribution in [0, 0.1) is 0 Å². The Morgan fingerprint density at radius 3 is 3.00 bits per heavy atom. The predicted octanol–water partition coefficient (Wildman–Crippen LogP) is 1.17. The lowest BCUT2D eigenvalue weighted by molar-refractivity contribution is 0.378. The molecule has 2 aromatic rings. The zero-order valence-electron chi connectivity index (χ0n) is 8.47. The van der Waals surface area contributed by atoms with Crippen molar-refractivity contribution in [3.63, 3.8) is 0 Å². The van der Waals surface area contributed by atoms with Crippen LogP contribution in [0.3, 0.4) is 0 Å². The second-order valence-corrected chi connectivity index (χ2v) is 4.09. The molecule has 0 bridgehead atoms. The summed E-state index contributed by atoms with van der Waals surface area (Å²) in [6.45, 7) is 3.83. The third-order valence-corrected chi connectivity index (χ3v) is 2.76.